The van der Waals surface area contributed by atoms with Crippen molar-refractivity contribution >= 4 is 35.1 Å². The number of anilines is 1. The van der Waals surface area contributed by atoms with Crippen LogP contribution in [0.4, 0.5) is 5.69 Å². The second kappa shape index (κ2) is 9.60. The molecule has 2 heterocycles. The highest BCUT2D eigenvalue weighted by Crippen LogP contribution is 2.28. The normalized spacial score (nSPS) is 10.7. The molecule has 0 aliphatic carbocycles. The second-order valence-electron chi connectivity index (χ2n) is 6.27. The summed E-state index contributed by atoms with van der Waals surface area (Å²) >= 11 is 2.90. The molecule has 0 bridgehead atoms. The number of nitrogens with zero attached hydrogens (tertiary/aromatic N) is 4. The van der Waals surface area contributed by atoms with E-state index >= 15 is 0 Å². The minimum Gasteiger partial charge on any atom is -0.324 e. The Morgan fingerprint density at radius 1 is 0.967 bits per heavy atom. The Bertz CT molecular complexity index is 1120. The number of hydrogen-bond donors (Lipinski definition) is 1. The number of carbonyl (C=O) groups is 1. The van der Waals surface area contributed by atoms with Crippen LogP contribution in [-0.2, 0) is 4.79 Å². The van der Waals surface area contributed by atoms with E-state index in [1.54, 1.807) is 18.0 Å². The molecule has 6 nitrogen and oxygen atoms in total. The lowest BCUT2D eigenvalue weighted by Gasteiger charge is -2.10. The van der Waals surface area contributed by atoms with E-state index in [0.29, 0.717) is 10.8 Å². The van der Waals surface area contributed by atoms with Crippen LogP contribution in [0.3, 0.4) is 0 Å². The summed E-state index contributed by atoms with van der Waals surface area (Å²) in [6.45, 7) is 0. The summed E-state index contributed by atoms with van der Waals surface area (Å²) in [5.41, 5.74) is 2.58. The van der Waals surface area contributed by atoms with Crippen molar-refractivity contribution in [3.05, 3.63) is 79.0 Å². The van der Waals surface area contributed by atoms with E-state index in [4.69, 9.17) is 0 Å². The fourth-order valence-corrected chi connectivity index (χ4v) is 3.96. The molecule has 0 spiro atoms. The SMILES string of the molecule is CSc1ccc(NC(=O)CSc2nnc(-c3ccccc3)n2-c2ccccc2)cn1. The number of thioether (sulfide) groups is 2. The van der Waals surface area contributed by atoms with Gasteiger partial charge in [0.2, 0.25) is 5.91 Å². The molecule has 0 aliphatic heterocycles. The van der Waals surface area contributed by atoms with Crippen LogP contribution in [0.15, 0.2) is 89.2 Å². The predicted molar refractivity (Wildman–Crippen MR) is 122 cm³/mol. The molecule has 4 rings (SSSR count). The van der Waals surface area contributed by atoms with Gasteiger partial charge in [0.15, 0.2) is 11.0 Å². The van der Waals surface area contributed by atoms with Crippen LogP contribution >= 0.6 is 23.5 Å². The van der Waals surface area contributed by atoms with Crippen molar-refractivity contribution in [2.75, 3.05) is 17.3 Å². The summed E-state index contributed by atoms with van der Waals surface area (Å²) < 4.78 is 1.97. The fourth-order valence-electron chi connectivity index (χ4n) is 2.85. The van der Waals surface area contributed by atoms with Crippen LogP contribution in [0.25, 0.3) is 17.1 Å². The lowest BCUT2D eigenvalue weighted by molar-refractivity contribution is -0.113. The molecule has 8 heteroatoms. The molecule has 0 saturated heterocycles. The summed E-state index contributed by atoms with van der Waals surface area (Å²) in [4.78, 5) is 16.7. The summed E-state index contributed by atoms with van der Waals surface area (Å²) in [7, 11) is 0. The molecular weight excluding hydrogens is 414 g/mol. The van der Waals surface area contributed by atoms with E-state index in [-0.39, 0.29) is 11.7 Å². The predicted octanol–water partition coefficient (Wildman–Crippen LogP) is 4.78. The molecule has 30 heavy (non-hydrogen) atoms. The number of para-hydroxylation sites is 1. The summed E-state index contributed by atoms with van der Waals surface area (Å²) in [5.74, 6) is 0.827. The maximum Gasteiger partial charge on any atom is 0.234 e. The van der Waals surface area contributed by atoms with Gasteiger partial charge >= 0.3 is 0 Å². The molecule has 1 amide bonds. The standard InChI is InChI=1S/C22H19N5OS2/c1-29-20-13-12-17(14-23-20)24-19(28)15-30-22-26-25-21(16-8-4-2-5-9-16)27(22)18-10-6-3-7-11-18/h2-14H,15H2,1H3,(H,24,28). The van der Waals surface area contributed by atoms with Crippen LogP contribution in [0.5, 0.6) is 0 Å². The smallest absolute Gasteiger partial charge is 0.234 e. The molecule has 0 atom stereocenters. The molecule has 2 aromatic heterocycles. The lowest BCUT2D eigenvalue weighted by atomic mass is 10.2. The van der Waals surface area contributed by atoms with Crippen molar-refractivity contribution in [2.45, 2.75) is 10.2 Å². The van der Waals surface area contributed by atoms with Gasteiger partial charge in [-0.2, -0.15) is 0 Å². The Morgan fingerprint density at radius 2 is 1.70 bits per heavy atom. The Hall–Kier alpha value is -3.10. The molecule has 1 N–H and O–H groups in total. The molecule has 4 aromatic rings. The highest BCUT2D eigenvalue weighted by atomic mass is 32.2. The van der Waals surface area contributed by atoms with E-state index in [9.17, 15) is 4.79 Å². The first kappa shape index (κ1) is 20.2. The third-order valence-electron chi connectivity index (χ3n) is 4.24. The van der Waals surface area contributed by atoms with Gasteiger partial charge in [0.1, 0.15) is 0 Å². The van der Waals surface area contributed by atoms with Crippen LogP contribution < -0.4 is 5.32 Å². The zero-order chi connectivity index (χ0) is 20.8. The van der Waals surface area contributed by atoms with E-state index in [0.717, 1.165) is 22.1 Å². The molecular formula is C22H19N5OS2. The van der Waals surface area contributed by atoms with Gasteiger partial charge in [-0.3, -0.25) is 9.36 Å². The number of hydrogen-bond acceptors (Lipinski definition) is 6. The molecule has 2 aromatic carbocycles. The van der Waals surface area contributed by atoms with Crippen molar-refractivity contribution in [2.24, 2.45) is 0 Å². The first-order valence-electron chi connectivity index (χ1n) is 9.23. The summed E-state index contributed by atoms with van der Waals surface area (Å²) in [6, 6.07) is 23.5. The van der Waals surface area contributed by atoms with Crippen LogP contribution in [-0.4, -0.2) is 37.7 Å². The van der Waals surface area contributed by atoms with E-state index in [1.807, 2.05) is 83.6 Å². The number of pyridine rings is 1. The lowest BCUT2D eigenvalue weighted by Crippen LogP contribution is -2.14. The molecule has 0 aliphatic rings. The Morgan fingerprint density at radius 3 is 2.37 bits per heavy atom. The first-order valence-corrected chi connectivity index (χ1v) is 11.4. The van der Waals surface area contributed by atoms with Crippen molar-refractivity contribution in [1.29, 1.82) is 0 Å². The first-order chi connectivity index (χ1) is 14.7. The van der Waals surface area contributed by atoms with Gasteiger partial charge in [0, 0.05) is 11.3 Å². The average molecular weight is 434 g/mol. The van der Waals surface area contributed by atoms with Gasteiger partial charge in [-0.15, -0.1) is 22.0 Å². The highest BCUT2D eigenvalue weighted by molar-refractivity contribution is 7.99. The molecule has 0 unspecified atom stereocenters. The zero-order valence-corrected chi connectivity index (χ0v) is 17.9. The van der Waals surface area contributed by atoms with Gasteiger partial charge in [0.05, 0.1) is 22.7 Å². The maximum atomic E-state index is 12.4. The molecule has 0 saturated carbocycles. The number of aromatic nitrogens is 4. The third-order valence-corrected chi connectivity index (χ3v) is 5.83. The van der Waals surface area contributed by atoms with E-state index in [2.05, 4.69) is 20.5 Å². The third kappa shape index (κ3) is 4.72. The van der Waals surface area contributed by atoms with E-state index < -0.39 is 0 Å². The summed E-state index contributed by atoms with van der Waals surface area (Å²) in [5, 5.41) is 13.2. The van der Waals surface area contributed by atoms with Crippen LogP contribution in [0.1, 0.15) is 0 Å². The zero-order valence-electron chi connectivity index (χ0n) is 16.2. The van der Waals surface area contributed by atoms with Crippen LogP contribution in [0, 0.1) is 0 Å². The van der Waals surface area contributed by atoms with Crippen molar-refractivity contribution in [3.8, 4) is 17.1 Å². The minimum atomic E-state index is -0.123. The molecule has 0 fully saturated rings. The fraction of sp³-hybridized carbons (Fsp3) is 0.0909. The number of amides is 1. The van der Waals surface area contributed by atoms with Gasteiger partial charge in [-0.1, -0.05) is 60.3 Å². The van der Waals surface area contributed by atoms with Crippen LogP contribution in [0.2, 0.25) is 0 Å². The maximum absolute atomic E-state index is 12.4. The Labute approximate surface area is 183 Å². The van der Waals surface area contributed by atoms with Gasteiger partial charge < -0.3 is 5.32 Å². The number of rotatable bonds is 7. The quantitative estimate of drug-likeness (QED) is 0.423. The van der Waals surface area contributed by atoms with Gasteiger partial charge in [0.25, 0.3) is 0 Å². The minimum absolute atomic E-state index is 0.123. The average Bonchev–Trinajstić information content (AvgIpc) is 3.23. The Balaban J connectivity index is 1.54. The molecule has 150 valence electrons. The number of benzene rings is 2. The van der Waals surface area contributed by atoms with E-state index in [1.165, 1.54) is 11.8 Å². The van der Waals surface area contributed by atoms with Crippen molar-refractivity contribution in [3.63, 3.8) is 0 Å². The number of carbonyl (C=O) groups excluding carboxylic acids is 1. The molecule has 0 radical (unpaired) electrons. The monoisotopic (exact) mass is 433 g/mol. The second-order valence-corrected chi connectivity index (χ2v) is 8.04. The Kier molecular flexibility index (Phi) is 6.46. The van der Waals surface area contributed by atoms with Crippen molar-refractivity contribution in [1.82, 2.24) is 19.7 Å². The van der Waals surface area contributed by atoms with Gasteiger partial charge in [-0.05, 0) is 30.5 Å². The van der Waals surface area contributed by atoms with Gasteiger partial charge in [-0.25, -0.2) is 4.98 Å². The highest BCUT2D eigenvalue weighted by Gasteiger charge is 2.17. The largest absolute Gasteiger partial charge is 0.324 e. The topological polar surface area (TPSA) is 72.7 Å². The van der Waals surface area contributed by atoms with Crippen molar-refractivity contribution < 1.29 is 4.79 Å². The summed E-state index contributed by atoms with van der Waals surface area (Å²) in [6.07, 6.45) is 3.62. The number of nitrogens with one attached hydrogen (secondary N) is 1.